The summed E-state index contributed by atoms with van der Waals surface area (Å²) in [6, 6.07) is 71.4. The van der Waals surface area contributed by atoms with Crippen LogP contribution in [0.4, 0.5) is 11.4 Å². The van der Waals surface area contributed by atoms with E-state index in [1.54, 1.807) is 0 Å². The van der Waals surface area contributed by atoms with Crippen molar-refractivity contribution in [1.29, 1.82) is 0 Å². The molecular formula is C60H41N5. The van der Waals surface area contributed by atoms with Crippen LogP contribution < -0.4 is 15.5 Å². The van der Waals surface area contributed by atoms with Crippen molar-refractivity contribution in [1.82, 2.24) is 15.2 Å². The third kappa shape index (κ3) is 4.53. The minimum Gasteiger partial charge on any atom is -0.350 e. The molecule has 65 heavy (non-hydrogen) atoms. The van der Waals surface area contributed by atoms with Gasteiger partial charge in [0, 0.05) is 55.8 Å². The Morgan fingerprint density at radius 1 is 0.554 bits per heavy atom. The van der Waals surface area contributed by atoms with Crippen LogP contribution in [0.3, 0.4) is 0 Å². The van der Waals surface area contributed by atoms with Crippen LogP contribution >= 0.6 is 0 Å². The van der Waals surface area contributed by atoms with Crippen LogP contribution in [0.5, 0.6) is 0 Å². The second-order valence-electron chi connectivity index (χ2n) is 18.2. The number of para-hydroxylation sites is 2. The van der Waals surface area contributed by atoms with Crippen LogP contribution in [0.1, 0.15) is 57.2 Å². The van der Waals surface area contributed by atoms with Crippen molar-refractivity contribution in [2.24, 2.45) is 10.9 Å². The summed E-state index contributed by atoms with van der Waals surface area (Å²) in [6.07, 6.45) is 6.84. The molecule has 0 radical (unpaired) electrons. The highest BCUT2D eigenvalue weighted by Crippen LogP contribution is 2.74. The number of nitrogens with zero attached hydrogens (tertiary/aromatic N) is 3. The van der Waals surface area contributed by atoms with Gasteiger partial charge in [0.2, 0.25) is 0 Å². The van der Waals surface area contributed by atoms with Crippen molar-refractivity contribution in [2.75, 3.05) is 4.90 Å². The molecule has 5 aliphatic rings. The number of nitrogens with one attached hydrogen (secondary N) is 2. The molecule has 0 amide bonds. The summed E-state index contributed by atoms with van der Waals surface area (Å²) in [4.78, 5) is 8.05. The number of benzene rings is 9. The fourth-order valence-electron chi connectivity index (χ4n) is 12.9. The minimum absolute atomic E-state index is 0.166. The fourth-order valence-corrected chi connectivity index (χ4v) is 12.9. The Bertz CT molecular complexity index is 3750. The average molecular weight is 832 g/mol. The number of aromatic nitrogens is 1. The van der Waals surface area contributed by atoms with Crippen LogP contribution in [0.25, 0.3) is 54.6 Å². The molecule has 306 valence electrons. The van der Waals surface area contributed by atoms with Crippen molar-refractivity contribution in [2.45, 2.75) is 23.8 Å². The average Bonchev–Trinajstić information content (AvgIpc) is 4.08. The largest absolute Gasteiger partial charge is 0.350 e. The lowest BCUT2D eigenvalue weighted by molar-refractivity contribution is 0.411. The highest BCUT2D eigenvalue weighted by Gasteiger charge is 2.66. The summed E-state index contributed by atoms with van der Waals surface area (Å²) >= 11 is 0. The lowest BCUT2D eigenvalue weighted by Crippen LogP contribution is -2.45. The third-order valence-electron chi connectivity index (χ3n) is 15.2. The standard InChI is InChI=1S/C60H41N5/c1-4-18-36(19-5-1)57-61-58(37-20-6-2-7-21-37)63-59(62-57)43-34-35-49(41-26-11-10-24-39(41)43)65-50-33-17-29-45-51-44-27-13-15-32-48(44)64(38-22-8-3-9-23-38)56(51)53-46-30-16-28-42-40-25-12-14-31-47(40)60(65,54(42)46)55(53)52(45)50/h1-35,42,54,57,59,62H,(H,61,63). The first kappa shape index (κ1) is 35.5. The van der Waals surface area contributed by atoms with E-state index in [4.69, 9.17) is 4.99 Å². The molecule has 2 N–H and O–H groups in total. The molecule has 9 aromatic carbocycles. The predicted molar refractivity (Wildman–Crippen MR) is 266 cm³/mol. The van der Waals surface area contributed by atoms with Crippen molar-refractivity contribution in [3.8, 4) is 5.69 Å². The van der Waals surface area contributed by atoms with Gasteiger partial charge >= 0.3 is 0 Å². The second-order valence-corrected chi connectivity index (χ2v) is 18.2. The Morgan fingerprint density at radius 2 is 1.26 bits per heavy atom. The van der Waals surface area contributed by atoms with Gasteiger partial charge in [0.15, 0.2) is 0 Å². The molecule has 15 rings (SSSR count). The Balaban J connectivity index is 1.02. The summed E-state index contributed by atoms with van der Waals surface area (Å²) in [5.74, 6) is 1.27. The predicted octanol–water partition coefficient (Wildman–Crippen LogP) is 13.5. The van der Waals surface area contributed by atoms with Crippen molar-refractivity contribution in [3.05, 3.63) is 251 Å². The van der Waals surface area contributed by atoms with Gasteiger partial charge in [-0.3, -0.25) is 5.32 Å². The van der Waals surface area contributed by atoms with Crippen LogP contribution in [-0.2, 0) is 5.54 Å². The SMILES string of the molecule is C1=CC2c3ccccc3C34c5c(c6c(c7cccc(c57)N3c3ccc(C5NC(c7ccccc7)=NC(c7ccccc7)N5)c5ccccc35)c3ccccc3n6-c3ccccc3)C(=C1)C24. The van der Waals surface area contributed by atoms with Crippen molar-refractivity contribution >= 4 is 66.1 Å². The van der Waals surface area contributed by atoms with Gasteiger partial charge in [-0.2, -0.15) is 0 Å². The minimum atomic E-state index is -0.488. The van der Waals surface area contributed by atoms with Gasteiger partial charge < -0.3 is 14.8 Å². The normalized spacial score (nSPS) is 22.1. The Kier molecular flexibility index (Phi) is 7.12. The Labute approximate surface area is 376 Å². The molecule has 5 unspecified atom stereocenters. The summed E-state index contributed by atoms with van der Waals surface area (Å²) in [5, 5.41) is 15.5. The molecule has 1 aromatic heterocycles. The molecule has 3 heterocycles. The summed E-state index contributed by atoms with van der Waals surface area (Å²) < 4.78 is 2.56. The molecule has 0 saturated heterocycles. The highest BCUT2D eigenvalue weighted by molar-refractivity contribution is 6.30. The number of allylic oxidation sites excluding steroid dienone is 3. The van der Waals surface area contributed by atoms with Gasteiger partial charge in [0.05, 0.1) is 22.4 Å². The van der Waals surface area contributed by atoms with Gasteiger partial charge in [-0.15, -0.1) is 0 Å². The molecule has 0 fully saturated rings. The van der Waals surface area contributed by atoms with E-state index in [1.165, 1.54) is 93.8 Å². The van der Waals surface area contributed by atoms with Gasteiger partial charge in [0.25, 0.3) is 0 Å². The number of anilines is 2. The van der Waals surface area contributed by atoms with Gasteiger partial charge in [-0.1, -0.05) is 182 Å². The second kappa shape index (κ2) is 13.0. The van der Waals surface area contributed by atoms with E-state index in [0.29, 0.717) is 0 Å². The fraction of sp³-hybridized carbons (Fsp3) is 0.0833. The van der Waals surface area contributed by atoms with Crippen molar-refractivity contribution < 1.29 is 0 Å². The van der Waals surface area contributed by atoms with E-state index in [2.05, 4.69) is 232 Å². The van der Waals surface area contributed by atoms with E-state index < -0.39 is 5.54 Å². The molecule has 0 saturated carbocycles. The zero-order valence-electron chi connectivity index (χ0n) is 35.4. The monoisotopic (exact) mass is 831 g/mol. The summed E-state index contributed by atoms with van der Waals surface area (Å²) in [5.41, 5.74) is 16.2. The number of aliphatic imine (C=N–C) groups is 1. The zero-order chi connectivity index (χ0) is 42.4. The van der Waals surface area contributed by atoms with Crippen LogP contribution in [0, 0.1) is 5.92 Å². The van der Waals surface area contributed by atoms with E-state index in [-0.39, 0.29) is 24.2 Å². The van der Waals surface area contributed by atoms with Crippen LogP contribution in [0.2, 0.25) is 0 Å². The topological polar surface area (TPSA) is 44.6 Å². The molecule has 0 bridgehead atoms. The van der Waals surface area contributed by atoms with E-state index in [9.17, 15) is 0 Å². The molecular weight excluding hydrogens is 791 g/mol. The van der Waals surface area contributed by atoms with Gasteiger partial charge in [-0.05, 0) is 68.9 Å². The van der Waals surface area contributed by atoms with E-state index >= 15 is 0 Å². The first-order valence-corrected chi connectivity index (χ1v) is 22.9. The maximum atomic E-state index is 5.25. The maximum Gasteiger partial charge on any atom is 0.131 e. The van der Waals surface area contributed by atoms with E-state index in [1.807, 2.05) is 0 Å². The first-order valence-electron chi connectivity index (χ1n) is 22.9. The molecule has 5 atom stereocenters. The van der Waals surface area contributed by atoms with Crippen LogP contribution in [-0.4, -0.2) is 10.4 Å². The number of rotatable bonds is 5. The van der Waals surface area contributed by atoms with E-state index in [0.717, 1.165) is 17.0 Å². The molecule has 3 aliphatic carbocycles. The van der Waals surface area contributed by atoms with Gasteiger partial charge in [0.1, 0.15) is 23.7 Å². The molecule has 10 aromatic rings. The molecule has 2 aliphatic heterocycles. The lowest BCUT2D eigenvalue weighted by atomic mass is 9.76. The third-order valence-corrected chi connectivity index (χ3v) is 15.2. The van der Waals surface area contributed by atoms with Crippen molar-refractivity contribution in [3.63, 3.8) is 0 Å². The zero-order valence-corrected chi connectivity index (χ0v) is 35.4. The summed E-state index contributed by atoms with van der Waals surface area (Å²) in [6.45, 7) is 0. The lowest BCUT2D eigenvalue weighted by Gasteiger charge is -2.43. The highest BCUT2D eigenvalue weighted by atomic mass is 15.3. The number of amidine groups is 1. The number of hydrogen-bond donors (Lipinski definition) is 2. The Morgan fingerprint density at radius 3 is 2.11 bits per heavy atom. The smallest absolute Gasteiger partial charge is 0.131 e. The first-order chi connectivity index (χ1) is 32.3. The van der Waals surface area contributed by atoms with Gasteiger partial charge in [-0.25, -0.2) is 4.99 Å². The molecule has 5 heteroatoms. The number of hydrogen-bond acceptors (Lipinski definition) is 4. The van der Waals surface area contributed by atoms with Crippen LogP contribution in [0.15, 0.2) is 217 Å². The molecule has 1 spiro atoms. The quantitative estimate of drug-likeness (QED) is 0.182. The molecule has 5 nitrogen and oxygen atoms in total. The Hall–Kier alpha value is -7.99. The maximum absolute atomic E-state index is 5.25. The summed E-state index contributed by atoms with van der Waals surface area (Å²) in [7, 11) is 0. The number of fused-ring (bicyclic) bond motifs is 9.